The van der Waals surface area contributed by atoms with Gasteiger partial charge in [-0.2, -0.15) is 0 Å². The maximum absolute atomic E-state index is 11.4. The molecule has 0 radical (unpaired) electrons. The minimum Gasteiger partial charge on any atom is -0.480 e. The Kier molecular flexibility index (Phi) is 7.54. The number of rotatable bonds is 8. The van der Waals surface area contributed by atoms with Gasteiger partial charge in [-0.15, -0.1) is 0 Å². The number of carboxylic acid groups (broad SMARTS) is 1. The highest BCUT2D eigenvalue weighted by molar-refractivity contribution is 5.83. The Morgan fingerprint density at radius 2 is 2.00 bits per heavy atom. The minimum atomic E-state index is -0.992. The molecule has 5 nitrogen and oxygen atoms in total. The number of methoxy groups -OCH3 is 1. The second-order valence-electron chi connectivity index (χ2n) is 4.19. The lowest BCUT2D eigenvalue weighted by molar-refractivity contribution is -0.142. The van der Waals surface area contributed by atoms with E-state index in [-0.39, 0.29) is 11.8 Å². The molecular weight excluding hydrogens is 210 g/mol. The van der Waals surface area contributed by atoms with Crippen molar-refractivity contribution in [2.45, 2.75) is 39.2 Å². The highest BCUT2D eigenvalue weighted by Gasteiger charge is 2.19. The largest absolute Gasteiger partial charge is 0.480 e. The standard InChI is InChI=1S/C11H21NO4/c1-8(2)7-10(13)12-9(11(14)15)5-4-6-16-3/h8-9H,4-7H2,1-3H3,(H,12,13)(H,14,15). The number of carbonyl (C=O) groups excluding carboxylic acids is 1. The van der Waals surface area contributed by atoms with Crippen molar-refractivity contribution in [3.63, 3.8) is 0 Å². The lowest BCUT2D eigenvalue weighted by Crippen LogP contribution is -2.41. The number of ether oxygens (including phenoxy) is 1. The third kappa shape index (κ3) is 7.23. The molecule has 1 amide bonds. The average Bonchev–Trinajstić information content (AvgIpc) is 2.15. The summed E-state index contributed by atoms with van der Waals surface area (Å²) in [6.07, 6.45) is 1.37. The van der Waals surface area contributed by atoms with E-state index in [2.05, 4.69) is 5.32 Å². The summed E-state index contributed by atoms with van der Waals surface area (Å²) in [7, 11) is 1.56. The van der Waals surface area contributed by atoms with Crippen LogP contribution in [0.15, 0.2) is 0 Å². The molecule has 0 rings (SSSR count). The lowest BCUT2D eigenvalue weighted by atomic mass is 10.1. The van der Waals surface area contributed by atoms with E-state index in [1.165, 1.54) is 0 Å². The van der Waals surface area contributed by atoms with Crippen molar-refractivity contribution in [1.29, 1.82) is 0 Å². The van der Waals surface area contributed by atoms with E-state index in [1.807, 2.05) is 13.8 Å². The summed E-state index contributed by atoms with van der Waals surface area (Å²) in [6.45, 7) is 4.34. The van der Waals surface area contributed by atoms with Crippen molar-refractivity contribution < 1.29 is 19.4 Å². The zero-order chi connectivity index (χ0) is 12.6. The first-order valence-electron chi connectivity index (χ1n) is 5.48. The number of carbonyl (C=O) groups is 2. The Morgan fingerprint density at radius 3 is 2.44 bits per heavy atom. The van der Waals surface area contributed by atoms with E-state index in [4.69, 9.17) is 9.84 Å². The van der Waals surface area contributed by atoms with Gasteiger partial charge in [-0.3, -0.25) is 4.79 Å². The summed E-state index contributed by atoms with van der Waals surface area (Å²) in [5.41, 5.74) is 0. The van der Waals surface area contributed by atoms with Crippen molar-refractivity contribution in [3.05, 3.63) is 0 Å². The van der Waals surface area contributed by atoms with Gasteiger partial charge in [-0.05, 0) is 18.8 Å². The Labute approximate surface area is 96.2 Å². The predicted octanol–water partition coefficient (Wildman–Crippen LogP) is 1.03. The van der Waals surface area contributed by atoms with Gasteiger partial charge in [-0.1, -0.05) is 13.8 Å². The van der Waals surface area contributed by atoms with Gasteiger partial charge in [0.2, 0.25) is 5.91 Å². The summed E-state index contributed by atoms with van der Waals surface area (Å²) >= 11 is 0. The van der Waals surface area contributed by atoms with Gasteiger partial charge in [0.05, 0.1) is 0 Å². The molecule has 0 aliphatic heterocycles. The van der Waals surface area contributed by atoms with Crippen LogP contribution in [0.4, 0.5) is 0 Å². The maximum Gasteiger partial charge on any atom is 0.326 e. The molecule has 1 unspecified atom stereocenters. The molecular formula is C11H21NO4. The minimum absolute atomic E-state index is 0.209. The first-order valence-corrected chi connectivity index (χ1v) is 5.48. The number of hydrogen-bond acceptors (Lipinski definition) is 3. The lowest BCUT2D eigenvalue weighted by Gasteiger charge is -2.15. The van der Waals surface area contributed by atoms with Gasteiger partial charge in [0.1, 0.15) is 6.04 Å². The van der Waals surface area contributed by atoms with Crippen molar-refractivity contribution >= 4 is 11.9 Å². The van der Waals surface area contributed by atoms with Crippen LogP contribution >= 0.6 is 0 Å². The number of aliphatic carboxylic acids is 1. The second kappa shape index (κ2) is 8.10. The Hall–Kier alpha value is -1.10. The molecule has 0 aromatic carbocycles. The predicted molar refractivity (Wildman–Crippen MR) is 60.1 cm³/mol. The van der Waals surface area contributed by atoms with E-state index in [0.717, 1.165) is 0 Å². The zero-order valence-electron chi connectivity index (χ0n) is 10.2. The third-order valence-electron chi connectivity index (χ3n) is 2.07. The molecule has 0 saturated carbocycles. The van der Waals surface area contributed by atoms with Crippen LogP contribution in [-0.2, 0) is 14.3 Å². The maximum atomic E-state index is 11.4. The number of amides is 1. The third-order valence-corrected chi connectivity index (χ3v) is 2.07. The van der Waals surface area contributed by atoms with Crippen molar-refractivity contribution in [1.82, 2.24) is 5.32 Å². The van der Waals surface area contributed by atoms with Crippen LogP contribution in [0.5, 0.6) is 0 Å². The van der Waals surface area contributed by atoms with Crippen LogP contribution in [0.25, 0.3) is 0 Å². The van der Waals surface area contributed by atoms with Crippen LogP contribution in [0, 0.1) is 5.92 Å². The fraction of sp³-hybridized carbons (Fsp3) is 0.818. The molecule has 5 heteroatoms. The molecule has 1 atom stereocenters. The van der Waals surface area contributed by atoms with E-state index in [9.17, 15) is 9.59 Å². The van der Waals surface area contributed by atoms with Gasteiger partial charge in [-0.25, -0.2) is 4.79 Å². The molecule has 0 saturated heterocycles. The number of nitrogens with one attached hydrogen (secondary N) is 1. The first kappa shape index (κ1) is 14.9. The average molecular weight is 231 g/mol. The Bertz CT molecular complexity index is 228. The zero-order valence-corrected chi connectivity index (χ0v) is 10.2. The fourth-order valence-electron chi connectivity index (χ4n) is 1.31. The molecule has 0 heterocycles. The summed E-state index contributed by atoms with van der Waals surface area (Å²) in [4.78, 5) is 22.3. The molecule has 16 heavy (non-hydrogen) atoms. The van der Waals surface area contributed by atoms with Gasteiger partial charge < -0.3 is 15.2 Å². The molecule has 0 spiro atoms. The van der Waals surface area contributed by atoms with E-state index < -0.39 is 12.0 Å². The SMILES string of the molecule is COCCCC(NC(=O)CC(C)C)C(=O)O. The monoisotopic (exact) mass is 231 g/mol. The molecule has 0 bridgehead atoms. The normalized spacial score (nSPS) is 12.5. The fourth-order valence-corrected chi connectivity index (χ4v) is 1.31. The molecule has 0 aromatic rings. The van der Waals surface area contributed by atoms with Gasteiger partial charge in [0, 0.05) is 20.1 Å². The Morgan fingerprint density at radius 1 is 1.38 bits per heavy atom. The Balaban J connectivity index is 4.02. The second-order valence-corrected chi connectivity index (χ2v) is 4.19. The van der Waals surface area contributed by atoms with Crippen molar-refractivity contribution in [3.8, 4) is 0 Å². The van der Waals surface area contributed by atoms with E-state index in [0.29, 0.717) is 25.9 Å². The molecule has 0 aliphatic carbocycles. The quantitative estimate of drug-likeness (QED) is 0.612. The molecule has 0 aromatic heterocycles. The van der Waals surface area contributed by atoms with Crippen LogP contribution in [-0.4, -0.2) is 36.7 Å². The van der Waals surface area contributed by atoms with Crippen molar-refractivity contribution in [2.75, 3.05) is 13.7 Å². The highest BCUT2D eigenvalue weighted by Crippen LogP contribution is 2.02. The summed E-state index contributed by atoms with van der Waals surface area (Å²) in [5, 5.41) is 11.4. The summed E-state index contributed by atoms with van der Waals surface area (Å²) < 4.78 is 4.84. The highest BCUT2D eigenvalue weighted by atomic mass is 16.5. The van der Waals surface area contributed by atoms with Crippen LogP contribution in [0.1, 0.15) is 33.1 Å². The summed E-state index contributed by atoms with van der Waals surface area (Å²) in [5.74, 6) is -0.971. The number of carboxylic acids is 1. The summed E-state index contributed by atoms with van der Waals surface area (Å²) in [6, 6.07) is -0.804. The molecule has 2 N–H and O–H groups in total. The van der Waals surface area contributed by atoms with E-state index >= 15 is 0 Å². The smallest absolute Gasteiger partial charge is 0.326 e. The topological polar surface area (TPSA) is 75.6 Å². The molecule has 94 valence electrons. The van der Waals surface area contributed by atoms with Gasteiger partial charge in [0.25, 0.3) is 0 Å². The van der Waals surface area contributed by atoms with Crippen LogP contribution < -0.4 is 5.32 Å². The van der Waals surface area contributed by atoms with Crippen LogP contribution in [0.2, 0.25) is 0 Å². The molecule has 0 aliphatic rings. The van der Waals surface area contributed by atoms with Gasteiger partial charge in [0.15, 0.2) is 0 Å². The van der Waals surface area contributed by atoms with Crippen LogP contribution in [0.3, 0.4) is 0 Å². The number of hydrogen-bond donors (Lipinski definition) is 2. The molecule has 0 fully saturated rings. The van der Waals surface area contributed by atoms with Crippen molar-refractivity contribution in [2.24, 2.45) is 5.92 Å². The van der Waals surface area contributed by atoms with Gasteiger partial charge >= 0.3 is 5.97 Å². The first-order chi connectivity index (χ1) is 7.47. The van der Waals surface area contributed by atoms with E-state index in [1.54, 1.807) is 7.11 Å².